The lowest BCUT2D eigenvalue weighted by molar-refractivity contribution is -0.116. The molecule has 3 heterocycles. The summed E-state index contributed by atoms with van der Waals surface area (Å²) < 4.78 is 7.19. The van der Waals surface area contributed by atoms with E-state index in [9.17, 15) is 4.79 Å². The van der Waals surface area contributed by atoms with Crippen LogP contribution in [0.1, 0.15) is 28.5 Å². The van der Waals surface area contributed by atoms with Crippen LogP contribution >= 0.6 is 0 Å². The number of rotatable bonds is 6. The second-order valence-electron chi connectivity index (χ2n) is 7.03. The number of hydrogen-bond donors (Lipinski definition) is 2. The fourth-order valence-electron chi connectivity index (χ4n) is 3.42. The number of carbonyl (C=O) groups is 1. The fourth-order valence-corrected chi connectivity index (χ4v) is 3.42. The minimum absolute atomic E-state index is 0.136. The van der Waals surface area contributed by atoms with Gasteiger partial charge in [0, 0.05) is 36.5 Å². The minimum atomic E-state index is -0.136. The number of fused-ring (bicyclic) bond motifs is 1. The van der Waals surface area contributed by atoms with Gasteiger partial charge in [-0.15, -0.1) is 0 Å². The second-order valence-corrected chi connectivity index (χ2v) is 7.03. The Morgan fingerprint density at radius 2 is 2.07 bits per heavy atom. The van der Waals surface area contributed by atoms with Gasteiger partial charge in [0.05, 0.1) is 11.0 Å². The lowest BCUT2D eigenvalue weighted by atomic mass is 10.2. The topological polar surface area (TPSA) is 88.7 Å². The molecule has 0 saturated heterocycles. The number of aromatic nitrogens is 4. The lowest BCUT2D eigenvalue weighted by Gasteiger charge is -2.04. The summed E-state index contributed by atoms with van der Waals surface area (Å²) in [5.74, 6) is 2.23. The first-order chi connectivity index (χ1) is 14.0. The lowest BCUT2D eigenvalue weighted by Crippen LogP contribution is -2.23. The van der Waals surface area contributed by atoms with Gasteiger partial charge < -0.3 is 14.8 Å². The molecule has 29 heavy (non-hydrogen) atoms. The van der Waals surface area contributed by atoms with Gasteiger partial charge in [-0.2, -0.15) is 0 Å². The molecule has 0 bridgehead atoms. The van der Waals surface area contributed by atoms with E-state index in [1.54, 1.807) is 6.08 Å². The van der Waals surface area contributed by atoms with E-state index in [0.717, 1.165) is 45.4 Å². The first-order valence-corrected chi connectivity index (χ1v) is 9.53. The monoisotopic (exact) mass is 389 g/mol. The molecule has 0 aliphatic rings. The van der Waals surface area contributed by atoms with Crippen LogP contribution < -0.4 is 5.32 Å². The number of aromatic amines is 1. The molecule has 7 heteroatoms. The maximum Gasteiger partial charge on any atom is 0.244 e. The van der Waals surface area contributed by atoms with Crippen molar-refractivity contribution in [1.29, 1.82) is 0 Å². The predicted molar refractivity (Wildman–Crippen MR) is 112 cm³/mol. The van der Waals surface area contributed by atoms with Crippen molar-refractivity contribution in [1.82, 2.24) is 25.0 Å². The molecule has 7 nitrogen and oxygen atoms in total. The third-order valence-corrected chi connectivity index (χ3v) is 4.83. The van der Waals surface area contributed by atoms with Crippen LogP contribution in [0.4, 0.5) is 0 Å². The molecule has 0 aliphatic heterocycles. The van der Waals surface area contributed by atoms with Crippen molar-refractivity contribution in [3.05, 3.63) is 71.0 Å². The highest BCUT2D eigenvalue weighted by molar-refractivity contribution is 5.91. The van der Waals surface area contributed by atoms with E-state index in [-0.39, 0.29) is 5.91 Å². The number of aryl methyl sites for hydroxylation is 2. The molecule has 0 spiro atoms. The van der Waals surface area contributed by atoms with E-state index in [0.29, 0.717) is 13.0 Å². The van der Waals surface area contributed by atoms with E-state index >= 15 is 0 Å². The van der Waals surface area contributed by atoms with Crippen LogP contribution in [-0.2, 0) is 11.2 Å². The van der Waals surface area contributed by atoms with Crippen molar-refractivity contribution in [3.63, 3.8) is 0 Å². The van der Waals surface area contributed by atoms with Crippen molar-refractivity contribution < 1.29 is 9.32 Å². The van der Waals surface area contributed by atoms with Crippen molar-refractivity contribution in [2.24, 2.45) is 0 Å². The minimum Gasteiger partial charge on any atom is -0.360 e. The Labute approximate surface area is 168 Å². The van der Waals surface area contributed by atoms with E-state index in [1.807, 2.05) is 67.8 Å². The van der Waals surface area contributed by atoms with Crippen LogP contribution in [0, 0.1) is 20.8 Å². The summed E-state index contributed by atoms with van der Waals surface area (Å²) in [6.07, 6.45) is 4.02. The summed E-state index contributed by atoms with van der Waals surface area (Å²) in [7, 11) is 0. The summed E-state index contributed by atoms with van der Waals surface area (Å²) >= 11 is 0. The Morgan fingerprint density at radius 3 is 2.83 bits per heavy atom. The standard InChI is InChI=1S/C22H23N5O2/c1-14-12-17(16(3)27(14)21-13-15(2)29-26-21)8-9-22(28)23-11-10-20-24-18-6-4-5-7-19(18)25-20/h4-9,12-13H,10-11H2,1-3H3,(H,23,28)(H,24,25). The van der Waals surface area contributed by atoms with Crippen LogP contribution in [-0.4, -0.2) is 32.1 Å². The van der Waals surface area contributed by atoms with Crippen molar-refractivity contribution in [3.8, 4) is 5.82 Å². The van der Waals surface area contributed by atoms with Crippen LogP contribution in [0.2, 0.25) is 0 Å². The number of hydrogen-bond acceptors (Lipinski definition) is 4. The van der Waals surface area contributed by atoms with Gasteiger partial charge in [-0.25, -0.2) is 4.98 Å². The van der Waals surface area contributed by atoms with Crippen LogP contribution in [0.5, 0.6) is 0 Å². The number of imidazole rings is 1. The van der Waals surface area contributed by atoms with Crippen molar-refractivity contribution >= 4 is 23.0 Å². The molecule has 1 amide bonds. The zero-order valence-corrected chi connectivity index (χ0v) is 16.7. The number of amides is 1. The molecule has 2 N–H and O–H groups in total. The van der Waals surface area contributed by atoms with E-state index in [2.05, 4.69) is 20.4 Å². The summed E-state index contributed by atoms with van der Waals surface area (Å²) in [5, 5.41) is 6.98. The highest BCUT2D eigenvalue weighted by Crippen LogP contribution is 2.21. The van der Waals surface area contributed by atoms with Crippen molar-refractivity contribution in [2.75, 3.05) is 6.54 Å². The Balaban J connectivity index is 1.37. The van der Waals surface area contributed by atoms with Crippen LogP contribution in [0.3, 0.4) is 0 Å². The molecule has 0 saturated carbocycles. The third kappa shape index (κ3) is 3.99. The van der Waals surface area contributed by atoms with Gasteiger partial charge in [-0.3, -0.25) is 9.36 Å². The van der Waals surface area contributed by atoms with Crippen LogP contribution in [0.15, 0.2) is 47.0 Å². The first kappa shape index (κ1) is 18.7. The zero-order valence-electron chi connectivity index (χ0n) is 16.7. The molecule has 0 fully saturated rings. The molecule has 0 radical (unpaired) electrons. The van der Waals surface area contributed by atoms with Crippen LogP contribution in [0.25, 0.3) is 22.9 Å². The first-order valence-electron chi connectivity index (χ1n) is 9.53. The van der Waals surface area contributed by atoms with E-state index < -0.39 is 0 Å². The Kier molecular flexibility index (Phi) is 5.03. The number of para-hydroxylation sites is 2. The number of carbonyl (C=O) groups excluding carboxylic acids is 1. The van der Waals surface area contributed by atoms with Gasteiger partial charge in [-0.1, -0.05) is 17.3 Å². The Hall–Kier alpha value is -3.61. The molecule has 4 aromatic rings. The Morgan fingerprint density at radius 1 is 1.24 bits per heavy atom. The van der Waals surface area contributed by atoms with Gasteiger partial charge in [0.25, 0.3) is 0 Å². The number of nitrogens with one attached hydrogen (secondary N) is 2. The highest BCUT2D eigenvalue weighted by atomic mass is 16.5. The molecule has 1 aromatic carbocycles. The van der Waals surface area contributed by atoms with E-state index in [1.165, 1.54) is 0 Å². The summed E-state index contributed by atoms with van der Waals surface area (Å²) in [6.45, 7) is 6.37. The Bertz CT molecular complexity index is 1160. The number of nitrogens with zero attached hydrogens (tertiary/aromatic N) is 3. The molecule has 148 valence electrons. The maximum absolute atomic E-state index is 12.2. The average molecular weight is 389 g/mol. The van der Waals surface area contributed by atoms with Gasteiger partial charge in [-0.05, 0) is 50.6 Å². The molecule has 0 unspecified atom stereocenters. The van der Waals surface area contributed by atoms with E-state index in [4.69, 9.17) is 4.52 Å². The summed E-state index contributed by atoms with van der Waals surface area (Å²) in [6, 6.07) is 11.8. The molecular weight excluding hydrogens is 366 g/mol. The molecule has 0 atom stereocenters. The molecule has 4 rings (SSSR count). The number of benzene rings is 1. The second kappa shape index (κ2) is 7.79. The number of H-pyrrole nitrogens is 1. The largest absolute Gasteiger partial charge is 0.360 e. The average Bonchev–Trinajstić information content (AvgIpc) is 3.37. The summed E-state index contributed by atoms with van der Waals surface area (Å²) in [4.78, 5) is 20.0. The molecule has 0 aliphatic carbocycles. The van der Waals surface area contributed by atoms with Gasteiger partial charge in [0.1, 0.15) is 11.6 Å². The quantitative estimate of drug-likeness (QED) is 0.493. The van der Waals surface area contributed by atoms with Gasteiger partial charge >= 0.3 is 0 Å². The molecule has 3 aromatic heterocycles. The highest BCUT2D eigenvalue weighted by Gasteiger charge is 2.12. The fraction of sp³-hybridized carbons (Fsp3) is 0.227. The SMILES string of the molecule is Cc1cc(-n2c(C)cc(C=CC(=O)NCCc3nc4ccccc4[nH]3)c2C)no1. The summed E-state index contributed by atoms with van der Waals surface area (Å²) in [5.41, 5.74) is 4.94. The predicted octanol–water partition coefficient (Wildman–Crippen LogP) is 3.64. The maximum atomic E-state index is 12.2. The zero-order chi connectivity index (χ0) is 20.4. The smallest absolute Gasteiger partial charge is 0.244 e. The van der Waals surface area contributed by atoms with Gasteiger partial charge in [0.15, 0.2) is 5.82 Å². The molecular formula is C22H23N5O2. The third-order valence-electron chi connectivity index (χ3n) is 4.83. The normalized spacial score (nSPS) is 11.6. The van der Waals surface area contributed by atoms with Gasteiger partial charge in [0.2, 0.25) is 5.91 Å². The van der Waals surface area contributed by atoms with Crippen molar-refractivity contribution in [2.45, 2.75) is 27.2 Å².